The predicted molar refractivity (Wildman–Crippen MR) is 137 cm³/mol. The summed E-state index contributed by atoms with van der Waals surface area (Å²) in [6.45, 7) is 6.58. The first-order chi connectivity index (χ1) is 17.4. The molecule has 4 heterocycles. The fraction of sp³-hybridized carbons (Fsp3) is 0.444. The maximum Gasteiger partial charge on any atom is 0.306 e. The van der Waals surface area contributed by atoms with Crippen LogP contribution in [0.25, 0.3) is 11.0 Å². The van der Waals surface area contributed by atoms with Gasteiger partial charge >= 0.3 is 5.97 Å². The third-order valence-electron chi connectivity index (χ3n) is 6.97. The predicted octanol–water partition coefficient (Wildman–Crippen LogP) is 4.17. The Bertz CT molecular complexity index is 1290. The zero-order chi connectivity index (χ0) is 25.1. The van der Waals surface area contributed by atoms with Crippen LogP contribution in [0, 0.1) is 11.7 Å². The Labute approximate surface area is 209 Å². The van der Waals surface area contributed by atoms with E-state index in [2.05, 4.69) is 37.8 Å². The van der Waals surface area contributed by atoms with E-state index in [9.17, 15) is 9.18 Å². The zero-order valence-electron chi connectivity index (χ0n) is 20.7. The lowest BCUT2D eigenvalue weighted by atomic mass is 9.86. The Kier molecular flexibility index (Phi) is 6.80. The summed E-state index contributed by atoms with van der Waals surface area (Å²) in [5.74, 6) is 1.48. The number of nitrogens with one attached hydrogen (secondary N) is 1. The molecule has 0 aliphatic carbocycles. The van der Waals surface area contributed by atoms with Gasteiger partial charge in [0.15, 0.2) is 0 Å². The number of aliphatic imine (C=N–C) groups is 1. The zero-order valence-corrected chi connectivity index (χ0v) is 20.7. The number of dihydropyridines is 1. The number of H-pyrrole nitrogens is 1. The van der Waals surface area contributed by atoms with Gasteiger partial charge in [-0.25, -0.2) is 19.3 Å². The van der Waals surface area contributed by atoms with Crippen LogP contribution in [0.5, 0.6) is 0 Å². The van der Waals surface area contributed by atoms with E-state index >= 15 is 0 Å². The minimum atomic E-state index is -0.376. The number of rotatable bonds is 7. The number of nitrogens with zero attached hydrogens (tertiary/aromatic N) is 5. The van der Waals surface area contributed by atoms with Gasteiger partial charge in [0.25, 0.3) is 0 Å². The van der Waals surface area contributed by atoms with Crippen molar-refractivity contribution in [1.82, 2.24) is 19.9 Å². The number of aromatic amines is 1. The van der Waals surface area contributed by atoms with Crippen molar-refractivity contribution in [1.29, 1.82) is 0 Å². The summed E-state index contributed by atoms with van der Waals surface area (Å²) in [4.78, 5) is 35.8. The number of ether oxygens (including phenoxy) is 1. The molecule has 2 aromatic heterocycles. The van der Waals surface area contributed by atoms with Gasteiger partial charge in [-0.05, 0) is 62.4 Å². The number of benzene rings is 1. The molecule has 0 spiro atoms. The quantitative estimate of drug-likeness (QED) is 0.500. The van der Waals surface area contributed by atoms with Crippen LogP contribution in [0.2, 0.25) is 0 Å². The smallest absolute Gasteiger partial charge is 0.306 e. The van der Waals surface area contributed by atoms with Crippen LogP contribution in [-0.4, -0.2) is 57.9 Å². The van der Waals surface area contributed by atoms with Crippen molar-refractivity contribution in [2.75, 3.05) is 31.1 Å². The molecule has 0 bridgehead atoms. The van der Waals surface area contributed by atoms with Gasteiger partial charge in [-0.1, -0.05) is 6.08 Å². The highest BCUT2D eigenvalue weighted by molar-refractivity contribution is 5.97. The number of piperidine rings is 1. The Morgan fingerprint density at radius 3 is 2.72 bits per heavy atom. The molecule has 0 radical (unpaired) electrons. The largest absolute Gasteiger partial charge is 0.466 e. The molecular formula is C27H31FN6O2. The van der Waals surface area contributed by atoms with Crippen LogP contribution in [0.1, 0.15) is 44.5 Å². The number of esters is 1. The first-order valence-electron chi connectivity index (χ1n) is 12.5. The van der Waals surface area contributed by atoms with Crippen LogP contribution in [0.15, 0.2) is 47.7 Å². The lowest BCUT2D eigenvalue weighted by Gasteiger charge is -2.31. The highest BCUT2D eigenvalue weighted by Gasteiger charge is 2.30. The molecule has 0 amide bonds. The molecule has 1 atom stereocenters. The van der Waals surface area contributed by atoms with E-state index in [1.807, 2.05) is 25.4 Å². The molecule has 5 rings (SSSR count). The third kappa shape index (κ3) is 5.29. The lowest BCUT2D eigenvalue weighted by molar-refractivity contribution is -0.144. The molecule has 8 nitrogen and oxygen atoms in total. The third-order valence-corrected chi connectivity index (χ3v) is 6.97. The van der Waals surface area contributed by atoms with Gasteiger partial charge in [-0.15, -0.1) is 0 Å². The van der Waals surface area contributed by atoms with Gasteiger partial charge < -0.3 is 14.6 Å². The van der Waals surface area contributed by atoms with Crippen molar-refractivity contribution in [2.45, 2.75) is 44.9 Å². The number of hydrogen-bond donors (Lipinski definition) is 1. The van der Waals surface area contributed by atoms with E-state index in [-0.39, 0.29) is 17.2 Å². The number of imidazole rings is 1. The summed E-state index contributed by atoms with van der Waals surface area (Å²) < 4.78 is 18.6. The van der Waals surface area contributed by atoms with Crippen molar-refractivity contribution >= 4 is 28.7 Å². The Balaban J connectivity index is 1.16. The van der Waals surface area contributed by atoms with E-state index < -0.39 is 0 Å². The molecule has 188 valence electrons. The SMILES string of the molecule is CCOC(=O)CC1CCN(c2ncc(CC3=NCC(C)(c4nc5ccc(F)cc5[nH]4)C=C3)cn2)CC1. The van der Waals surface area contributed by atoms with E-state index in [0.717, 1.165) is 54.5 Å². The van der Waals surface area contributed by atoms with Crippen LogP contribution in [-0.2, 0) is 21.4 Å². The number of carbonyl (C=O) groups excluding carboxylic acids is 1. The minimum absolute atomic E-state index is 0.107. The van der Waals surface area contributed by atoms with E-state index in [4.69, 9.17) is 9.73 Å². The molecule has 1 fully saturated rings. The fourth-order valence-electron chi connectivity index (χ4n) is 4.78. The maximum atomic E-state index is 13.5. The Morgan fingerprint density at radius 2 is 2.03 bits per heavy atom. The van der Waals surface area contributed by atoms with Gasteiger partial charge in [-0.2, -0.15) is 0 Å². The van der Waals surface area contributed by atoms with Crippen molar-refractivity contribution in [3.63, 3.8) is 0 Å². The average Bonchev–Trinajstić information content (AvgIpc) is 3.31. The van der Waals surface area contributed by atoms with Gasteiger partial charge in [-0.3, -0.25) is 9.79 Å². The second kappa shape index (κ2) is 10.2. The van der Waals surface area contributed by atoms with Gasteiger partial charge in [0.1, 0.15) is 11.6 Å². The molecule has 9 heteroatoms. The topological polar surface area (TPSA) is 96.4 Å². The first kappa shape index (κ1) is 24.1. The Hall–Kier alpha value is -3.62. The number of carbonyl (C=O) groups is 1. The number of allylic oxidation sites excluding steroid dienone is 1. The maximum absolute atomic E-state index is 13.5. The molecule has 1 unspecified atom stereocenters. The highest BCUT2D eigenvalue weighted by Crippen LogP contribution is 2.29. The molecule has 1 N–H and O–H groups in total. The summed E-state index contributed by atoms with van der Waals surface area (Å²) >= 11 is 0. The molecule has 1 saturated heterocycles. The van der Waals surface area contributed by atoms with Crippen molar-refractivity contribution in [3.8, 4) is 0 Å². The average molecular weight is 491 g/mol. The van der Waals surface area contributed by atoms with Crippen LogP contribution < -0.4 is 4.90 Å². The van der Waals surface area contributed by atoms with E-state index in [1.54, 1.807) is 6.07 Å². The van der Waals surface area contributed by atoms with Crippen molar-refractivity contribution < 1.29 is 13.9 Å². The van der Waals surface area contributed by atoms with Crippen molar-refractivity contribution in [3.05, 3.63) is 59.9 Å². The number of fused-ring (bicyclic) bond motifs is 1. The molecule has 36 heavy (non-hydrogen) atoms. The second-order valence-corrected chi connectivity index (χ2v) is 9.81. The molecular weight excluding hydrogens is 459 g/mol. The van der Waals surface area contributed by atoms with E-state index in [1.165, 1.54) is 12.1 Å². The summed E-state index contributed by atoms with van der Waals surface area (Å²) in [5, 5.41) is 0. The van der Waals surface area contributed by atoms with Crippen LogP contribution in [0.4, 0.5) is 10.3 Å². The van der Waals surface area contributed by atoms with Crippen LogP contribution >= 0.6 is 0 Å². The van der Waals surface area contributed by atoms with Gasteiger partial charge in [0, 0.05) is 44.0 Å². The molecule has 1 aromatic carbocycles. The summed E-state index contributed by atoms with van der Waals surface area (Å²) in [7, 11) is 0. The van der Waals surface area contributed by atoms with E-state index in [0.29, 0.717) is 37.4 Å². The summed E-state index contributed by atoms with van der Waals surface area (Å²) in [5.41, 5.74) is 3.03. The summed E-state index contributed by atoms with van der Waals surface area (Å²) in [6.07, 6.45) is 10.9. The monoisotopic (exact) mass is 490 g/mol. The fourth-order valence-corrected chi connectivity index (χ4v) is 4.78. The number of hydrogen-bond acceptors (Lipinski definition) is 7. The lowest BCUT2D eigenvalue weighted by Crippen LogP contribution is -2.35. The number of halogens is 1. The normalized spacial score (nSPS) is 20.5. The minimum Gasteiger partial charge on any atom is -0.466 e. The van der Waals surface area contributed by atoms with Crippen molar-refractivity contribution in [2.24, 2.45) is 10.9 Å². The molecule has 2 aliphatic rings. The summed E-state index contributed by atoms with van der Waals surface area (Å²) in [6, 6.07) is 4.57. The van der Waals surface area contributed by atoms with Gasteiger partial charge in [0.05, 0.1) is 29.6 Å². The van der Waals surface area contributed by atoms with Crippen LogP contribution in [0.3, 0.4) is 0 Å². The molecule has 2 aliphatic heterocycles. The standard InChI is InChI=1S/C27H31FN6O2/c1-3-36-24(35)13-18-7-10-34(11-8-18)26-29-15-19(16-30-26)12-21-6-9-27(2,17-31-21)25-32-22-5-4-20(28)14-23(22)33-25/h4-6,9,14-16,18H,3,7-8,10-13,17H2,1-2H3,(H,32,33). The van der Waals surface area contributed by atoms with Gasteiger partial charge in [0.2, 0.25) is 5.95 Å². The molecule has 3 aromatic rings. The number of aromatic nitrogens is 4. The first-order valence-corrected chi connectivity index (χ1v) is 12.5. The highest BCUT2D eigenvalue weighted by atomic mass is 19.1. The second-order valence-electron chi connectivity index (χ2n) is 9.81. The molecule has 0 saturated carbocycles. The number of anilines is 1. The Morgan fingerprint density at radius 1 is 1.25 bits per heavy atom.